The monoisotopic (exact) mass is 277 g/mol. The van der Waals surface area contributed by atoms with E-state index in [0.29, 0.717) is 25.3 Å². The number of aliphatic hydroxyl groups excluding tert-OH is 1. The predicted molar refractivity (Wildman–Crippen MR) is 73.9 cm³/mol. The van der Waals surface area contributed by atoms with Crippen molar-refractivity contribution in [1.82, 2.24) is 4.31 Å². The van der Waals surface area contributed by atoms with Gasteiger partial charge in [0.25, 0.3) is 0 Å². The van der Waals surface area contributed by atoms with Crippen molar-refractivity contribution in [1.29, 1.82) is 0 Å². The second-order valence-corrected chi connectivity index (χ2v) is 7.88. The molecule has 2 atom stereocenters. The third kappa shape index (κ3) is 4.86. The molecule has 0 aromatic carbocycles. The minimum Gasteiger partial charge on any atom is -0.393 e. The Morgan fingerprint density at radius 2 is 1.94 bits per heavy atom. The molecule has 1 aliphatic heterocycles. The fourth-order valence-electron chi connectivity index (χ4n) is 2.47. The van der Waals surface area contributed by atoms with Gasteiger partial charge in [0.1, 0.15) is 0 Å². The van der Waals surface area contributed by atoms with Crippen molar-refractivity contribution in [3.63, 3.8) is 0 Å². The van der Waals surface area contributed by atoms with Gasteiger partial charge in [-0.2, -0.15) is 4.31 Å². The van der Waals surface area contributed by atoms with Crippen LogP contribution in [-0.4, -0.2) is 42.3 Å². The summed E-state index contributed by atoms with van der Waals surface area (Å²) >= 11 is 0. The van der Waals surface area contributed by atoms with Gasteiger partial charge in [-0.1, -0.05) is 20.3 Å². The summed E-state index contributed by atoms with van der Waals surface area (Å²) in [7, 11) is -3.15. The third-order valence-electron chi connectivity index (χ3n) is 3.50. The van der Waals surface area contributed by atoms with E-state index >= 15 is 0 Å². The first-order chi connectivity index (χ1) is 8.33. The zero-order valence-corrected chi connectivity index (χ0v) is 12.6. The molecule has 108 valence electrons. The standard InChI is InChI=1S/C13H27NO3S/c1-11(2)7-9-18(16,17)14-8-5-4-6-13(14)10-12(3)15/h11-13,15H,4-10H2,1-3H3. The van der Waals surface area contributed by atoms with Crippen LogP contribution in [0, 0.1) is 5.92 Å². The van der Waals surface area contributed by atoms with E-state index in [9.17, 15) is 13.5 Å². The molecule has 2 unspecified atom stereocenters. The van der Waals surface area contributed by atoms with Crippen LogP contribution in [0.5, 0.6) is 0 Å². The van der Waals surface area contributed by atoms with Gasteiger partial charge in [0.05, 0.1) is 11.9 Å². The molecule has 0 amide bonds. The smallest absolute Gasteiger partial charge is 0.214 e. The van der Waals surface area contributed by atoms with Gasteiger partial charge in [0.15, 0.2) is 0 Å². The Morgan fingerprint density at radius 3 is 2.50 bits per heavy atom. The molecule has 1 rings (SSSR count). The number of sulfonamides is 1. The van der Waals surface area contributed by atoms with Crippen molar-refractivity contribution in [2.45, 2.75) is 65.0 Å². The van der Waals surface area contributed by atoms with Crippen LogP contribution in [0.25, 0.3) is 0 Å². The molecule has 0 bridgehead atoms. The van der Waals surface area contributed by atoms with Gasteiger partial charge in [-0.3, -0.25) is 0 Å². The van der Waals surface area contributed by atoms with Gasteiger partial charge < -0.3 is 5.11 Å². The highest BCUT2D eigenvalue weighted by molar-refractivity contribution is 7.89. The van der Waals surface area contributed by atoms with Crippen LogP contribution in [0.2, 0.25) is 0 Å². The van der Waals surface area contributed by atoms with Crippen molar-refractivity contribution >= 4 is 10.0 Å². The minimum atomic E-state index is -3.15. The summed E-state index contributed by atoms with van der Waals surface area (Å²) in [5.41, 5.74) is 0. The highest BCUT2D eigenvalue weighted by Gasteiger charge is 2.32. The van der Waals surface area contributed by atoms with Gasteiger partial charge in [0, 0.05) is 12.6 Å². The van der Waals surface area contributed by atoms with Gasteiger partial charge >= 0.3 is 0 Å². The Morgan fingerprint density at radius 1 is 1.28 bits per heavy atom. The maximum atomic E-state index is 12.3. The largest absolute Gasteiger partial charge is 0.393 e. The zero-order chi connectivity index (χ0) is 13.8. The van der Waals surface area contributed by atoms with Crippen LogP contribution in [0.15, 0.2) is 0 Å². The Hall–Kier alpha value is -0.130. The van der Waals surface area contributed by atoms with Gasteiger partial charge in [-0.25, -0.2) is 8.42 Å². The van der Waals surface area contributed by atoms with Crippen LogP contribution >= 0.6 is 0 Å². The first-order valence-electron chi connectivity index (χ1n) is 7.00. The third-order valence-corrected chi connectivity index (χ3v) is 5.44. The quantitative estimate of drug-likeness (QED) is 0.807. The lowest BCUT2D eigenvalue weighted by Gasteiger charge is -2.35. The minimum absolute atomic E-state index is 0.00378. The van der Waals surface area contributed by atoms with Crippen LogP contribution in [0.4, 0.5) is 0 Å². The fourth-order valence-corrected chi connectivity index (χ4v) is 4.53. The molecule has 1 aliphatic rings. The van der Waals surface area contributed by atoms with E-state index < -0.39 is 16.1 Å². The molecular formula is C13H27NO3S. The molecule has 18 heavy (non-hydrogen) atoms. The summed E-state index contributed by atoms with van der Waals surface area (Å²) < 4.78 is 26.3. The van der Waals surface area contributed by atoms with Crippen LogP contribution in [-0.2, 0) is 10.0 Å². The molecule has 1 fully saturated rings. The number of rotatable bonds is 6. The average molecular weight is 277 g/mol. The second-order valence-electron chi connectivity index (χ2n) is 5.84. The summed E-state index contributed by atoms with van der Waals surface area (Å²) in [6, 6.07) is -0.00378. The lowest BCUT2D eigenvalue weighted by molar-refractivity contribution is 0.131. The molecular weight excluding hydrogens is 250 g/mol. The van der Waals surface area contributed by atoms with E-state index in [1.165, 1.54) is 0 Å². The molecule has 1 N–H and O–H groups in total. The molecule has 0 aromatic rings. The molecule has 0 saturated carbocycles. The maximum Gasteiger partial charge on any atom is 0.214 e. The van der Waals surface area contributed by atoms with Gasteiger partial charge in [0.2, 0.25) is 10.0 Å². The van der Waals surface area contributed by atoms with E-state index in [1.54, 1.807) is 11.2 Å². The summed E-state index contributed by atoms with van der Waals surface area (Å²) in [4.78, 5) is 0. The predicted octanol–water partition coefficient (Wildman–Crippen LogP) is 1.99. The van der Waals surface area contributed by atoms with E-state index in [4.69, 9.17) is 0 Å². The first kappa shape index (κ1) is 15.9. The Kier molecular flexibility index (Phi) is 6.08. The summed E-state index contributed by atoms with van der Waals surface area (Å²) in [6.45, 7) is 6.43. The Balaban J connectivity index is 2.69. The Labute approximate surface area is 111 Å². The highest BCUT2D eigenvalue weighted by atomic mass is 32.2. The molecule has 4 nitrogen and oxygen atoms in total. The van der Waals surface area contributed by atoms with Crippen molar-refractivity contribution in [3.8, 4) is 0 Å². The number of aliphatic hydroxyl groups is 1. The second kappa shape index (κ2) is 6.87. The Bertz CT molecular complexity index is 338. The zero-order valence-electron chi connectivity index (χ0n) is 11.8. The van der Waals surface area contributed by atoms with E-state index in [0.717, 1.165) is 19.3 Å². The molecule has 0 aromatic heterocycles. The lowest BCUT2D eigenvalue weighted by atomic mass is 10.00. The van der Waals surface area contributed by atoms with E-state index in [-0.39, 0.29) is 11.8 Å². The number of nitrogens with zero attached hydrogens (tertiary/aromatic N) is 1. The van der Waals surface area contributed by atoms with Crippen molar-refractivity contribution in [3.05, 3.63) is 0 Å². The molecule has 1 heterocycles. The topological polar surface area (TPSA) is 57.6 Å². The molecule has 0 spiro atoms. The fraction of sp³-hybridized carbons (Fsp3) is 1.00. The highest BCUT2D eigenvalue weighted by Crippen LogP contribution is 2.25. The molecule has 0 radical (unpaired) electrons. The van der Waals surface area contributed by atoms with Crippen molar-refractivity contribution < 1.29 is 13.5 Å². The van der Waals surface area contributed by atoms with Crippen LogP contribution < -0.4 is 0 Å². The maximum absolute atomic E-state index is 12.3. The summed E-state index contributed by atoms with van der Waals surface area (Å²) in [6.07, 6.45) is 3.72. The normalized spacial score (nSPS) is 24.4. The van der Waals surface area contributed by atoms with Crippen LogP contribution in [0.3, 0.4) is 0 Å². The SMILES string of the molecule is CC(C)CCS(=O)(=O)N1CCCCC1CC(C)O. The summed E-state index contributed by atoms with van der Waals surface area (Å²) in [5, 5.41) is 9.48. The number of piperidine rings is 1. The summed E-state index contributed by atoms with van der Waals surface area (Å²) in [5.74, 6) is 0.640. The average Bonchev–Trinajstić information content (AvgIpc) is 2.26. The van der Waals surface area contributed by atoms with Gasteiger partial charge in [-0.15, -0.1) is 0 Å². The first-order valence-corrected chi connectivity index (χ1v) is 8.61. The van der Waals surface area contributed by atoms with Crippen LogP contribution in [0.1, 0.15) is 52.9 Å². The molecule has 1 saturated heterocycles. The molecule has 5 heteroatoms. The van der Waals surface area contributed by atoms with Crippen molar-refractivity contribution in [2.24, 2.45) is 5.92 Å². The van der Waals surface area contributed by atoms with E-state index in [2.05, 4.69) is 0 Å². The van der Waals surface area contributed by atoms with Crippen molar-refractivity contribution in [2.75, 3.05) is 12.3 Å². The van der Waals surface area contributed by atoms with Gasteiger partial charge in [-0.05, 0) is 38.5 Å². The molecule has 0 aliphatic carbocycles. The van der Waals surface area contributed by atoms with E-state index in [1.807, 2.05) is 13.8 Å². The number of hydrogen-bond acceptors (Lipinski definition) is 3. The number of hydrogen-bond donors (Lipinski definition) is 1. The lowest BCUT2D eigenvalue weighted by Crippen LogP contribution is -2.46.